The Bertz CT molecular complexity index is 556. The van der Waals surface area contributed by atoms with Crippen molar-refractivity contribution in [3.63, 3.8) is 0 Å². The normalized spacial score (nSPS) is 24.3. The van der Waals surface area contributed by atoms with E-state index in [1.807, 2.05) is 32.0 Å². The molecule has 1 aliphatic heterocycles. The van der Waals surface area contributed by atoms with E-state index in [1.54, 1.807) is 0 Å². The van der Waals surface area contributed by atoms with Gasteiger partial charge >= 0.3 is 0 Å². The third kappa shape index (κ3) is 1.87. The molecule has 2 aliphatic rings. The Balaban J connectivity index is 1.98. The summed E-state index contributed by atoms with van der Waals surface area (Å²) in [5.74, 6) is 0.0335. The zero-order chi connectivity index (χ0) is 14.5. The molecule has 1 aromatic rings. The van der Waals surface area contributed by atoms with Crippen molar-refractivity contribution in [3.8, 4) is 0 Å². The van der Waals surface area contributed by atoms with E-state index in [0.717, 1.165) is 29.7 Å². The summed E-state index contributed by atoms with van der Waals surface area (Å²) in [6, 6.07) is 5.90. The van der Waals surface area contributed by atoms with Gasteiger partial charge in [-0.25, -0.2) is 0 Å². The molecule has 20 heavy (non-hydrogen) atoms. The van der Waals surface area contributed by atoms with Crippen molar-refractivity contribution in [2.24, 2.45) is 5.41 Å². The van der Waals surface area contributed by atoms with Gasteiger partial charge in [0, 0.05) is 5.69 Å². The first-order chi connectivity index (χ1) is 9.34. The number of benzene rings is 1. The lowest BCUT2D eigenvalue weighted by molar-refractivity contribution is -0.119. The number of carbonyl (C=O) groups is 1. The van der Waals surface area contributed by atoms with E-state index in [2.05, 4.69) is 12.2 Å². The topological polar surface area (TPSA) is 49.3 Å². The van der Waals surface area contributed by atoms with E-state index < -0.39 is 11.5 Å². The molecular weight excluding hydrogens is 250 g/mol. The van der Waals surface area contributed by atoms with Crippen LogP contribution >= 0.6 is 0 Å². The zero-order valence-electron chi connectivity index (χ0n) is 12.5. The first-order valence-corrected chi connectivity index (χ1v) is 7.48. The second kappa shape index (κ2) is 4.32. The zero-order valence-corrected chi connectivity index (χ0v) is 12.5. The number of carbonyl (C=O) groups excluding carboxylic acids is 1. The van der Waals surface area contributed by atoms with Crippen molar-refractivity contribution in [1.29, 1.82) is 0 Å². The third-order valence-electron chi connectivity index (χ3n) is 5.25. The van der Waals surface area contributed by atoms with Crippen molar-refractivity contribution in [1.82, 2.24) is 0 Å². The van der Waals surface area contributed by atoms with E-state index in [1.165, 1.54) is 12.8 Å². The van der Waals surface area contributed by atoms with E-state index in [0.29, 0.717) is 0 Å². The summed E-state index contributed by atoms with van der Waals surface area (Å²) in [5, 5.41) is 13.7. The Morgan fingerprint density at radius 1 is 1.20 bits per heavy atom. The van der Waals surface area contributed by atoms with Crippen LogP contribution in [0.3, 0.4) is 0 Å². The number of nitrogens with one attached hydrogen (secondary N) is 1. The maximum absolute atomic E-state index is 12.0. The quantitative estimate of drug-likeness (QED) is 0.866. The highest BCUT2D eigenvalue weighted by atomic mass is 16.3. The predicted molar refractivity (Wildman–Crippen MR) is 79.6 cm³/mol. The molecule has 1 aromatic carbocycles. The first kappa shape index (κ1) is 13.6. The fourth-order valence-electron chi connectivity index (χ4n) is 3.62. The summed E-state index contributed by atoms with van der Waals surface area (Å²) in [7, 11) is 0. The highest BCUT2D eigenvalue weighted by molar-refractivity contribution is 6.05. The number of rotatable bonds is 2. The van der Waals surface area contributed by atoms with Crippen LogP contribution in [0.4, 0.5) is 5.69 Å². The van der Waals surface area contributed by atoms with Crippen LogP contribution < -0.4 is 5.32 Å². The van der Waals surface area contributed by atoms with Gasteiger partial charge < -0.3 is 10.4 Å². The van der Waals surface area contributed by atoms with E-state index in [9.17, 15) is 9.90 Å². The van der Waals surface area contributed by atoms with Crippen molar-refractivity contribution >= 4 is 11.6 Å². The number of hydrogen-bond acceptors (Lipinski definition) is 2. The van der Waals surface area contributed by atoms with Crippen LogP contribution in [0, 0.1) is 5.41 Å². The summed E-state index contributed by atoms with van der Waals surface area (Å²) < 4.78 is 0. The summed E-state index contributed by atoms with van der Waals surface area (Å²) in [6.45, 7) is 6.04. The monoisotopic (exact) mass is 273 g/mol. The minimum atomic E-state index is -0.512. The Labute approximate surface area is 120 Å². The molecule has 1 aliphatic carbocycles. The Hall–Kier alpha value is -1.35. The van der Waals surface area contributed by atoms with Crippen LogP contribution in [0.25, 0.3) is 0 Å². The fourth-order valence-corrected chi connectivity index (χ4v) is 3.62. The molecule has 1 amide bonds. The van der Waals surface area contributed by atoms with E-state index in [-0.39, 0.29) is 11.3 Å². The van der Waals surface area contributed by atoms with E-state index in [4.69, 9.17) is 0 Å². The van der Waals surface area contributed by atoms with Crippen molar-refractivity contribution in [2.45, 2.75) is 58.0 Å². The lowest BCUT2D eigenvalue weighted by Crippen LogP contribution is -2.27. The molecule has 2 N–H and O–H groups in total. The number of aliphatic hydroxyl groups excluding tert-OH is 1. The van der Waals surface area contributed by atoms with Crippen LogP contribution in [0.15, 0.2) is 18.2 Å². The molecule has 0 spiro atoms. The number of hydrogen-bond donors (Lipinski definition) is 2. The van der Waals surface area contributed by atoms with Crippen LogP contribution in [0.5, 0.6) is 0 Å². The van der Waals surface area contributed by atoms with Gasteiger partial charge in [-0.3, -0.25) is 4.79 Å². The van der Waals surface area contributed by atoms with Crippen LogP contribution in [-0.4, -0.2) is 11.0 Å². The van der Waals surface area contributed by atoms with Crippen molar-refractivity contribution in [2.75, 3.05) is 5.32 Å². The van der Waals surface area contributed by atoms with Gasteiger partial charge in [-0.05, 0) is 49.3 Å². The van der Waals surface area contributed by atoms with Gasteiger partial charge in [-0.2, -0.15) is 0 Å². The first-order valence-electron chi connectivity index (χ1n) is 7.48. The summed E-state index contributed by atoms with van der Waals surface area (Å²) in [5.41, 5.74) is 2.29. The largest absolute Gasteiger partial charge is 0.388 e. The second-order valence-corrected chi connectivity index (χ2v) is 7.15. The number of aliphatic hydroxyl groups is 1. The molecular formula is C17H23NO2. The summed E-state index contributed by atoms with van der Waals surface area (Å²) in [6.07, 6.45) is 4.10. The Kier molecular flexibility index (Phi) is 2.94. The molecule has 108 valence electrons. The van der Waals surface area contributed by atoms with Gasteiger partial charge in [-0.1, -0.05) is 31.9 Å². The maximum Gasteiger partial charge on any atom is 0.234 e. The molecule has 3 heteroatoms. The van der Waals surface area contributed by atoms with Crippen molar-refractivity contribution in [3.05, 3.63) is 29.3 Å². The average Bonchev–Trinajstić information content (AvgIpc) is 2.94. The molecule has 3 rings (SSSR count). The van der Waals surface area contributed by atoms with Crippen LogP contribution in [-0.2, 0) is 10.2 Å². The SMILES string of the molecule is CC1(C)C(=O)Nc2ccc(C(O)C3(C)CCCC3)cc21. The molecule has 0 saturated heterocycles. The molecule has 0 radical (unpaired) electrons. The predicted octanol–water partition coefficient (Wildman–Crippen LogP) is 3.53. The van der Waals surface area contributed by atoms with Crippen molar-refractivity contribution < 1.29 is 9.90 Å². The molecule has 1 atom stereocenters. The molecule has 3 nitrogen and oxygen atoms in total. The minimum Gasteiger partial charge on any atom is -0.388 e. The number of anilines is 1. The van der Waals surface area contributed by atoms with Gasteiger partial charge in [0.15, 0.2) is 0 Å². The molecule has 1 saturated carbocycles. The van der Waals surface area contributed by atoms with Gasteiger partial charge in [0.05, 0.1) is 11.5 Å². The fraction of sp³-hybridized carbons (Fsp3) is 0.588. The van der Waals surface area contributed by atoms with Gasteiger partial charge in [0.25, 0.3) is 0 Å². The standard InChI is InChI=1S/C17H23NO2/c1-16(2)12-10-11(6-7-13(12)18-15(16)20)14(19)17(3)8-4-5-9-17/h6-7,10,14,19H,4-5,8-9H2,1-3H3,(H,18,20). The molecule has 1 heterocycles. The van der Waals surface area contributed by atoms with Crippen LogP contribution in [0.2, 0.25) is 0 Å². The maximum atomic E-state index is 12.0. The van der Waals surface area contributed by atoms with Crippen LogP contribution in [0.1, 0.15) is 63.7 Å². The molecule has 0 aromatic heterocycles. The van der Waals surface area contributed by atoms with Gasteiger partial charge in [0.1, 0.15) is 0 Å². The van der Waals surface area contributed by atoms with E-state index >= 15 is 0 Å². The lowest BCUT2D eigenvalue weighted by Gasteiger charge is -2.31. The molecule has 1 unspecified atom stereocenters. The molecule has 0 bridgehead atoms. The minimum absolute atomic E-state index is 0.0194. The highest BCUT2D eigenvalue weighted by Gasteiger charge is 2.41. The highest BCUT2D eigenvalue weighted by Crippen LogP contribution is 2.48. The number of fused-ring (bicyclic) bond motifs is 1. The Morgan fingerprint density at radius 2 is 1.85 bits per heavy atom. The molecule has 1 fully saturated rings. The summed E-state index contributed by atoms with van der Waals surface area (Å²) in [4.78, 5) is 12.0. The summed E-state index contributed by atoms with van der Waals surface area (Å²) >= 11 is 0. The average molecular weight is 273 g/mol. The van der Waals surface area contributed by atoms with Gasteiger partial charge in [0.2, 0.25) is 5.91 Å². The number of amides is 1. The third-order valence-corrected chi connectivity index (χ3v) is 5.25. The Morgan fingerprint density at radius 3 is 2.50 bits per heavy atom. The lowest BCUT2D eigenvalue weighted by atomic mass is 9.77. The second-order valence-electron chi connectivity index (χ2n) is 7.15. The smallest absolute Gasteiger partial charge is 0.234 e. The van der Waals surface area contributed by atoms with Gasteiger partial charge in [-0.15, -0.1) is 0 Å².